The molecule has 0 bridgehead atoms. The summed E-state index contributed by atoms with van der Waals surface area (Å²) in [5.74, 6) is -0.771. The molecule has 0 atom stereocenters. The third-order valence-electron chi connectivity index (χ3n) is 3.07. The lowest BCUT2D eigenvalue weighted by atomic mass is 10.1. The fourth-order valence-corrected chi connectivity index (χ4v) is 2.06. The molecule has 0 radical (unpaired) electrons. The summed E-state index contributed by atoms with van der Waals surface area (Å²) in [5.41, 5.74) is 0.318. The number of carbonyl (C=O) groups excluding carboxylic acids is 1. The lowest BCUT2D eigenvalue weighted by Gasteiger charge is -2.19. The first-order chi connectivity index (χ1) is 11.7. The number of amides is 1. The van der Waals surface area contributed by atoms with Crippen LogP contribution in [0.25, 0.3) is 17.0 Å². The van der Waals surface area contributed by atoms with Crippen molar-refractivity contribution in [3.05, 3.63) is 41.6 Å². The van der Waals surface area contributed by atoms with Crippen LogP contribution in [0.2, 0.25) is 0 Å². The van der Waals surface area contributed by atoms with Gasteiger partial charge in [0.2, 0.25) is 5.88 Å². The molecule has 7 heteroatoms. The Bertz CT molecular complexity index is 837. The van der Waals surface area contributed by atoms with Crippen molar-refractivity contribution in [2.24, 2.45) is 0 Å². The van der Waals surface area contributed by atoms with Gasteiger partial charge >= 0.3 is 12.1 Å². The molecule has 0 saturated heterocycles. The molecule has 0 unspecified atom stereocenters. The van der Waals surface area contributed by atoms with Crippen LogP contribution in [0.3, 0.4) is 0 Å². The zero-order chi connectivity index (χ0) is 18.6. The van der Waals surface area contributed by atoms with Crippen molar-refractivity contribution >= 4 is 29.0 Å². The molecule has 25 heavy (non-hydrogen) atoms. The number of benzene rings is 1. The fraction of sp³-hybridized carbons (Fsp3) is 0.278. The van der Waals surface area contributed by atoms with E-state index in [4.69, 9.17) is 9.47 Å². The highest BCUT2D eigenvalue weighted by molar-refractivity contribution is 5.96. The van der Waals surface area contributed by atoms with Gasteiger partial charge in [0.05, 0.1) is 12.6 Å². The number of alkyl carbamates (subject to hydrolysis) is 1. The third kappa shape index (κ3) is 5.20. The van der Waals surface area contributed by atoms with Crippen LogP contribution >= 0.6 is 0 Å². The van der Waals surface area contributed by atoms with Crippen LogP contribution in [0.5, 0.6) is 5.88 Å². The predicted molar refractivity (Wildman–Crippen MR) is 93.3 cm³/mol. The molecule has 0 aliphatic carbocycles. The number of carbonyl (C=O) groups is 2. The first-order valence-corrected chi connectivity index (χ1v) is 7.58. The van der Waals surface area contributed by atoms with E-state index in [0.29, 0.717) is 17.0 Å². The largest absolute Gasteiger partial charge is 0.481 e. The Morgan fingerprint density at radius 2 is 1.92 bits per heavy atom. The summed E-state index contributed by atoms with van der Waals surface area (Å²) in [5, 5.41) is 12.4. The summed E-state index contributed by atoms with van der Waals surface area (Å²) in [6.07, 6.45) is 0.531. The van der Waals surface area contributed by atoms with E-state index in [-0.39, 0.29) is 5.70 Å². The number of hydrogen-bond donors (Lipinski definition) is 2. The Hall–Kier alpha value is -3.09. The number of rotatable bonds is 4. The average Bonchev–Trinajstić information content (AvgIpc) is 2.51. The molecular formula is C18H20N2O5. The Morgan fingerprint density at radius 3 is 2.52 bits per heavy atom. The first kappa shape index (κ1) is 18.3. The van der Waals surface area contributed by atoms with Crippen molar-refractivity contribution < 1.29 is 24.2 Å². The van der Waals surface area contributed by atoms with E-state index in [0.717, 1.165) is 5.39 Å². The molecule has 0 spiro atoms. The molecule has 0 saturated carbocycles. The van der Waals surface area contributed by atoms with Crippen molar-refractivity contribution in [2.45, 2.75) is 26.4 Å². The van der Waals surface area contributed by atoms with Gasteiger partial charge in [-0.05, 0) is 50.6 Å². The van der Waals surface area contributed by atoms with E-state index in [1.807, 2.05) is 6.07 Å². The summed E-state index contributed by atoms with van der Waals surface area (Å²) in [6, 6.07) is 8.75. The maximum absolute atomic E-state index is 11.8. The minimum Gasteiger partial charge on any atom is -0.481 e. The predicted octanol–water partition coefficient (Wildman–Crippen LogP) is 3.19. The number of carboxylic acids is 1. The van der Waals surface area contributed by atoms with E-state index in [9.17, 15) is 14.7 Å². The number of aromatic nitrogens is 1. The monoisotopic (exact) mass is 344 g/mol. The van der Waals surface area contributed by atoms with Crippen LogP contribution in [-0.2, 0) is 9.53 Å². The molecule has 1 aromatic carbocycles. The smallest absolute Gasteiger partial charge is 0.412 e. The number of fused-ring (bicyclic) bond motifs is 1. The van der Waals surface area contributed by atoms with Crippen molar-refractivity contribution in [2.75, 3.05) is 7.11 Å². The number of nitrogens with one attached hydrogen (secondary N) is 1. The second-order valence-corrected chi connectivity index (χ2v) is 6.30. The van der Waals surface area contributed by atoms with Crippen LogP contribution in [0.1, 0.15) is 26.3 Å². The van der Waals surface area contributed by atoms with Crippen molar-refractivity contribution in [3.8, 4) is 5.88 Å². The summed E-state index contributed by atoms with van der Waals surface area (Å²) in [7, 11) is 1.53. The number of aliphatic carboxylic acids is 1. The van der Waals surface area contributed by atoms with Crippen LogP contribution < -0.4 is 10.1 Å². The molecular weight excluding hydrogens is 324 g/mol. The highest BCUT2D eigenvalue weighted by Crippen LogP contribution is 2.19. The molecule has 132 valence electrons. The van der Waals surface area contributed by atoms with Gasteiger partial charge in [0.1, 0.15) is 11.3 Å². The molecule has 1 aromatic heterocycles. The van der Waals surface area contributed by atoms with Crippen molar-refractivity contribution in [1.29, 1.82) is 0 Å². The standard InChI is InChI=1S/C18H20N2O5/c1-18(2,3)25-17(23)20-14(16(21)22)10-11-5-7-13-12(9-11)6-8-15(19-13)24-4/h5-10H,1-4H3,(H,20,23)(H,21,22). The normalized spacial score (nSPS) is 11.9. The van der Waals surface area contributed by atoms with Crippen LogP contribution in [0, 0.1) is 0 Å². The molecule has 2 N–H and O–H groups in total. The van der Waals surface area contributed by atoms with Crippen LogP contribution in [0.15, 0.2) is 36.0 Å². The lowest BCUT2D eigenvalue weighted by Crippen LogP contribution is -2.34. The van der Waals surface area contributed by atoms with Crippen molar-refractivity contribution in [1.82, 2.24) is 10.3 Å². The first-order valence-electron chi connectivity index (χ1n) is 7.58. The van der Waals surface area contributed by atoms with E-state index >= 15 is 0 Å². The minimum atomic E-state index is -1.26. The van der Waals surface area contributed by atoms with Crippen LogP contribution in [-0.4, -0.2) is 34.9 Å². The number of methoxy groups -OCH3 is 1. The SMILES string of the molecule is COc1ccc2cc(C=C(NC(=O)OC(C)(C)C)C(=O)O)ccc2n1. The molecule has 1 heterocycles. The molecule has 2 rings (SSSR count). The molecule has 0 fully saturated rings. The Balaban J connectivity index is 2.29. The number of hydrogen-bond acceptors (Lipinski definition) is 5. The number of ether oxygens (including phenoxy) is 2. The number of nitrogens with zero attached hydrogens (tertiary/aromatic N) is 1. The molecule has 7 nitrogen and oxygen atoms in total. The number of pyridine rings is 1. The summed E-state index contributed by atoms with van der Waals surface area (Å²) < 4.78 is 10.1. The fourth-order valence-electron chi connectivity index (χ4n) is 2.06. The van der Waals surface area contributed by atoms with E-state index in [2.05, 4.69) is 10.3 Å². The van der Waals surface area contributed by atoms with E-state index < -0.39 is 17.7 Å². The summed E-state index contributed by atoms with van der Waals surface area (Å²) in [6.45, 7) is 5.09. The quantitative estimate of drug-likeness (QED) is 0.827. The Kier molecular flexibility index (Phi) is 5.26. The maximum Gasteiger partial charge on any atom is 0.412 e. The van der Waals surface area contributed by atoms with Gasteiger partial charge in [-0.2, -0.15) is 0 Å². The Labute approximate surface area is 145 Å². The second-order valence-electron chi connectivity index (χ2n) is 6.30. The van der Waals surface area contributed by atoms with Gasteiger partial charge in [-0.1, -0.05) is 6.07 Å². The van der Waals surface area contributed by atoms with Gasteiger partial charge in [0.25, 0.3) is 0 Å². The minimum absolute atomic E-state index is 0.282. The second kappa shape index (κ2) is 7.21. The van der Waals surface area contributed by atoms with Gasteiger partial charge in [-0.25, -0.2) is 14.6 Å². The van der Waals surface area contributed by atoms with E-state index in [1.165, 1.54) is 13.2 Å². The van der Waals surface area contributed by atoms with Crippen molar-refractivity contribution in [3.63, 3.8) is 0 Å². The Morgan fingerprint density at radius 1 is 1.20 bits per heavy atom. The zero-order valence-corrected chi connectivity index (χ0v) is 14.5. The topological polar surface area (TPSA) is 97.8 Å². The third-order valence-corrected chi connectivity index (χ3v) is 3.07. The van der Waals surface area contributed by atoms with Crippen LogP contribution in [0.4, 0.5) is 4.79 Å². The summed E-state index contributed by atoms with van der Waals surface area (Å²) in [4.78, 5) is 27.5. The van der Waals surface area contributed by atoms with Gasteiger partial charge in [-0.15, -0.1) is 0 Å². The lowest BCUT2D eigenvalue weighted by molar-refractivity contribution is -0.133. The van der Waals surface area contributed by atoms with Gasteiger partial charge in [0.15, 0.2) is 0 Å². The maximum atomic E-state index is 11.8. The van der Waals surface area contributed by atoms with Gasteiger partial charge in [0, 0.05) is 11.5 Å². The van der Waals surface area contributed by atoms with E-state index in [1.54, 1.807) is 45.0 Å². The average molecular weight is 344 g/mol. The molecule has 0 aliphatic rings. The van der Waals surface area contributed by atoms with Gasteiger partial charge in [-0.3, -0.25) is 5.32 Å². The molecule has 0 aliphatic heterocycles. The number of carboxylic acid groups (broad SMARTS) is 1. The molecule has 2 aromatic rings. The molecule has 1 amide bonds. The zero-order valence-electron chi connectivity index (χ0n) is 14.5. The highest BCUT2D eigenvalue weighted by atomic mass is 16.6. The van der Waals surface area contributed by atoms with Gasteiger partial charge < -0.3 is 14.6 Å². The highest BCUT2D eigenvalue weighted by Gasteiger charge is 2.19. The summed E-state index contributed by atoms with van der Waals surface area (Å²) >= 11 is 0.